The Balaban J connectivity index is 1.36. The zero-order valence-electron chi connectivity index (χ0n) is 15.4. The van der Waals surface area contributed by atoms with Gasteiger partial charge in [0.25, 0.3) is 0 Å². The molecule has 5 nitrogen and oxygen atoms in total. The van der Waals surface area contributed by atoms with Crippen LogP contribution in [0, 0.1) is 0 Å². The summed E-state index contributed by atoms with van der Waals surface area (Å²) >= 11 is 5.47. The number of rotatable bonds is 6. The van der Waals surface area contributed by atoms with Crippen molar-refractivity contribution in [2.45, 2.75) is 25.4 Å². The Hall–Kier alpha value is -2.38. The van der Waals surface area contributed by atoms with Gasteiger partial charge in [0.05, 0.1) is 19.0 Å². The fourth-order valence-corrected chi connectivity index (χ4v) is 4.90. The van der Waals surface area contributed by atoms with Crippen molar-refractivity contribution in [1.29, 1.82) is 0 Å². The van der Waals surface area contributed by atoms with E-state index in [1.807, 2.05) is 12.1 Å². The van der Waals surface area contributed by atoms with Crippen LogP contribution in [0.2, 0.25) is 0 Å². The van der Waals surface area contributed by atoms with Crippen molar-refractivity contribution in [2.75, 3.05) is 12.4 Å². The highest BCUT2D eigenvalue weighted by Crippen LogP contribution is 2.41. The molecule has 7 heteroatoms. The number of hydrogen-bond donors (Lipinski definition) is 1. The maximum atomic E-state index is 5.24. The van der Waals surface area contributed by atoms with E-state index in [-0.39, 0.29) is 0 Å². The van der Waals surface area contributed by atoms with E-state index in [2.05, 4.69) is 66.2 Å². The van der Waals surface area contributed by atoms with E-state index in [1.54, 1.807) is 24.8 Å². The first-order chi connectivity index (χ1) is 13.7. The molecule has 5 rings (SSSR count). The molecule has 0 aliphatic heterocycles. The molecule has 3 heterocycles. The van der Waals surface area contributed by atoms with Crippen molar-refractivity contribution in [3.63, 3.8) is 0 Å². The van der Waals surface area contributed by atoms with Gasteiger partial charge in [-0.2, -0.15) is 0 Å². The number of hydrogen-bond acceptors (Lipinski definition) is 5. The molecule has 0 saturated heterocycles. The Morgan fingerprint density at radius 1 is 1.18 bits per heavy atom. The summed E-state index contributed by atoms with van der Waals surface area (Å²) in [6.07, 6.45) is 6.24. The molecule has 28 heavy (non-hydrogen) atoms. The Labute approximate surface area is 175 Å². The molecule has 4 aromatic rings. The fraction of sp³-hybridized carbons (Fsp3) is 0.238. The van der Waals surface area contributed by atoms with E-state index in [4.69, 9.17) is 4.74 Å². The Kier molecular flexibility index (Phi) is 4.56. The minimum absolute atomic E-state index is 0.584. The van der Waals surface area contributed by atoms with Crippen molar-refractivity contribution >= 4 is 44.1 Å². The van der Waals surface area contributed by atoms with Crippen LogP contribution in [0.3, 0.4) is 0 Å². The monoisotopic (exact) mass is 454 g/mol. The zero-order valence-corrected chi connectivity index (χ0v) is 17.8. The second kappa shape index (κ2) is 7.22. The van der Waals surface area contributed by atoms with Crippen molar-refractivity contribution in [3.8, 4) is 16.2 Å². The maximum Gasteiger partial charge on any atom is 0.146 e. The fourth-order valence-electron chi connectivity index (χ4n) is 3.36. The molecular formula is C21H19BrN4OS. The number of benzene rings is 1. The van der Waals surface area contributed by atoms with Crippen LogP contribution in [0.5, 0.6) is 5.75 Å². The third-order valence-corrected chi connectivity index (χ3v) is 6.71. The normalized spacial score (nSPS) is 13.8. The van der Waals surface area contributed by atoms with Gasteiger partial charge in [-0.3, -0.25) is 0 Å². The molecule has 3 aromatic heterocycles. The lowest BCUT2D eigenvalue weighted by Crippen LogP contribution is -2.02. The van der Waals surface area contributed by atoms with Crippen LogP contribution in [0.4, 0.5) is 5.82 Å². The molecule has 142 valence electrons. The summed E-state index contributed by atoms with van der Waals surface area (Å²) in [6, 6.07) is 13.1. The van der Waals surface area contributed by atoms with E-state index in [1.165, 1.54) is 28.2 Å². The number of aromatic nitrogens is 3. The molecule has 1 N–H and O–H groups in total. The minimum Gasteiger partial charge on any atom is -0.497 e. The maximum absolute atomic E-state index is 5.24. The van der Waals surface area contributed by atoms with Crippen LogP contribution in [0.15, 0.2) is 53.4 Å². The molecule has 1 saturated carbocycles. The van der Waals surface area contributed by atoms with Crippen LogP contribution >= 0.6 is 27.3 Å². The molecule has 0 unspecified atom stereocenters. The van der Waals surface area contributed by atoms with Gasteiger partial charge in [0.2, 0.25) is 0 Å². The number of methoxy groups -OCH3 is 1. The topological polar surface area (TPSA) is 52.0 Å². The lowest BCUT2D eigenvalue weighted by atomic mass is 10.2. The molecule has 1 fully saturated rings. The van der Waals surface area contributed by atoms with E-state index < -0.39 is 0 Å². The zero-order chi connectivity index (χ0) is 19.1. The molecule has 0 radical (unpaired) electrons. The highest BCUT2D eigenvalue weighted by Gasteiger charge is 2.27. The predicted molar refractivity (Wildman–Crippen MR) is 117 cm³/mol. The van der Waals surface area contributed by atoms with Crippen LogP contribution < -0.4 is 10.1 Å². The van der Waals surface area contributed by atoms with Gasteiger partial charge in [0.15, 0.2) is 0 Å². The van der Waals surface area contributed by atoms with Crippen molar-refractivity contribution in [3.05, 3.63) is 58.3 Å². The highest BCUT2D eigenvalue weighted by molar-refractivity contribution is 9.10. The van der Waals surface area contributed by atoms with Gasteiger partial charge in [-0.05, 0) is 70.7 Å². The summed E-state index contributed by atoms with van der Waals surface area (Å²) in [6.45, 7) is 0.730. The molecular weight excluding hydrogens is 436 g/mol. The highest BCUT2D eigenvalue weighted by atomic mass is 79.9. The number of nitrogens with one attached hydrogen (secondary N) is 1. The van der Waals surface area contributed by atoms with E-state index >= 15 is 0 Å². The second-order valence-electron chi connectivity index (χ2n) is 6.88. The Morgan fingerprint density at radius 2 is 2.00 bits per heavy atom. The predicted octanol–water partition coefficient (Wildman–Crippen LogP) is 5.88. The summed E-state index contributed by atoms with van der Waals surface area (Å²) in [5.41, 5.74) is 2.20. The number of thiophene rings is 1. The van der Waals surface area contributed by atoms with Gasteiger partial charge in [-0.25, -0.2) is 9.97 Å². The van der Waals surface area contributed by atoms with Gasteiger partial charge in [0.1, 0.15) is 23.5 Å². The van der Waals surface area contributed by atoms with Gasteiger partial charge in [0, 0.05) is 26.5 Å². The third-order valence-electron chi connectivity index (χ3n) is 4.97. The first kappa shape index (κ1) is 17.7. The SMILES string of the molecule is COc1ccc(-c2ccc(CNc3ncnc4c3c(Br)cn4C3CC3)s2)cc1. The summed E-state index contributed by atoms with van der Waals surface area (Å²) in [7, 11) is 1.69. The molecule has 1 aromatic carbocycles. The number of fused-ring (bicyclic) bond motifs is 1. The van der Waals surface area contributed by atoms with E-state index in [0.717, 1.165) is 33.6 Å². The molecule has 0 spiro atoms. The standard InChI is InChI=1S/C21H19BrN4OS/c1-27-15-6-2-13(3-7-15)18-9-8-16(28-18)10-23-20-19-17(22)11-26(14-4-5-14)21(19)25-12-24-20/h2-3,6-9,11-12,14H,4-5,10H2,1H3,(H,23,24,25). The molecule has 1 aliphatic rings. The van der Waals surface area contributed by atoms with Crippen LogP contribution in [0.1, 0.15) is 23.8 Å². The van der Waals surface area contributed by atoms with E-state index in [0.29, 0.717) is 6.04 Å². The third kappa shape index (κ3) is 3.29. The van der Waals surface area contributed by atoms with Crippen LogP contribution in [0.25, 0.3) is 21.5 Å². The van der Waals surface area contributed by atoms with Gasteiger partial charge in [-0.15, -0.1) is 11.3 Å². The van der Waals surface area contributed by atoms with Gasteiger partial charge >= 0.3 is 0 Å². The second-order valence-corrected chi connectivity index (χ2v) is 8.91. The molecule has 0 bridgehead atoms. The Bertz CT molecular complexity index is 1130. The first-order valence-electron chi connectivity index (χ1n) is 9.21. The molecule has 0 atom stereocenters. The molecule has 1 aliphatic carbocycles. The van der Waals surface area contributed by atoms with Gasteiger partial charge < -0.3 is 14.6 Å². The van der Waals surface area contributed by atoms with Crippen molar-refractivity contribution < 1.29 is 4.74 Å². The number of halogens is 1. The number of ether oxygens (including phenoxy) is 1. The summed E-state index contributed by atoms with van der Waals surface area (Å²) in [5, 5.41) is 4.55. The summed E-state index contributed by atoms with van der Waals surface area (Å²) in [5.74, 6) is 1.74. The van der Waals surface area contributed by atoms with Crippen molar-refractivity contribution in [2.24, 2.45) is 0 Å². The Morgan fingerprint density at radius 3 is 2.75 bits per heavy atom. The van der Waals surface area contributed by atoms with Crippen LogP contribution in [-0.2, 0) is 6.54 Å². The molecule has 0 amide bonds. The van der Waals surface area contributed by atoms with Gasteiger partial charge in [-0.1, -0.05) is 0 Å². The lowest BCUT2D eigenvalue weighted by Gasteiger charge is -2.06. The van der Waals surface area contributed by atoms with Crippen molar-refractivity contribution in [1.82, 2.24) is 14.5 Å². The minimum atomic E-state index is 0.584. The smallest absolute Gasteiger partial charge is 0.146 e. The first-order valence-corrected chi connectivity index (χ1v) is 10.8. The average molecular weight is 455 g/mol. The summed E-state index contributed by atoms with van der Waals surface area (Å²) < 4.78 is 8.55. The largest absolute Gasteiger partial charge is 0.497 e. The number of anilines is 1. The average Bonchev–Trinajstić information content (AvgIpc) is 3.37. The quantitative estimate of drug-likeness (QED) is 0.395. The summed E-state index contributed by atoms with van der Waals surface area (Å²) in [4.78, 5) is 11.5. The lowest BCUT2D eigenvalue weighted by molar-refractivity contribution is 0.415. The number of nitrogens with zero attached hydrogens (tertiary/aromatic N) is 3. The van der Waals surface area contributed by atoms with Crippen LogP contribution in [-0.4, -0.2) is 21.6 Å². The van der Waals surface area contributed by atoms with E-state index in [9.17, 15) is 0 Å².